The van der Waals surface area contributed by atoms with E-state index in [4.69, 9.17) is 0 Å². The second kappa shape index (κ2) is 4.42. The standard InChI is InChI=1S/C16H14F2O/c17-14-5-11(6-15(18)7-14)8-16(19)9-12-3-1-2-4-13(12)10-16/h1-7,19H,8-10H2. The first kappa shape index (κ1) is 12.3. The van der Waals surface area contributed by atoms with Gasteiger partial charge in [0, 0.05) is 25.3 Å². The molecule has 98 valence electrons. The van der Waals surface area contributed by atoms with Crippen molar-refractivity contribution in [3.05, 3.63) is 70.8 Å². The van der Waals surface area contributed by atoms with E-state index in [0.29, 0.717) is 18.4 Å². The number of hydrogen-bond acceptors (Lipinski definition) is 1. The van der Waals surface area contributed by atoms with Gasteiger partial charge in [-0.3, -0.25) is 0 Å². The first-order chi connectivity index (χ1) is 9.04. The molecule has 0 spiro atoms. The Morgan fingerprint density at radius 2 is 1.47 bits per heavy atom. The van der Waals surface area contributed by atoms with Crippen molar-refractivity contribution < 1.29 is 13.9 Å². The quantitative estimate of drug-likeness (QED) is 0.880. The summed E-state index contributed by atoms with van der Waals surface area (Å²) in [6.07, 6.45) is 1.32. The third-order valence-corrected chi connectivity index (χ3v) is 3.61. The summed E-state index contributed by atoms with van der Waals surface area (Å²) in [5, 5.41) is 10.6. The molecule has 2 aromatic carbocycles. The Morgan fingerprint density at radius 1 is 0.947 bits per heavy atom. The molecule has 19 heavy (non-hydrogen) atoms. The van der Waals surface area contributed by atoms with Crippen LogP contribution >= 0.6 is 0 Å². The molecule has 0 aliphatic heterocycles. The van der Waals surface area contributed by atoms with E-state index in [9.17, 15) is 13.9 Å². The molecule has 1 N–H and O–H groups in total. The maximum Gasteiger partial charge on any atom is 0.126 e. The predicted molar refractivity (Wildman–Crippen MR) is 68.9 cm³/mol. The number of aliphatic hydroxyl groups is 1. The molecule has 2 aromatic rings. The molecule has 0 bridgehead atoms. The van der Waals surface area contributed by atoms with Gasteiger partial charge in [0.1, 0.15) is 11.6 Å². The van der Waals surface area contributed by atoms with Crippen molar-refractivity contribution in [1.29, 1.82) is 0 Å². The van der Waals surface area contributed by atoms with E-state index in [1.165, 1.54) is 12.1 Å². The van der Waals surface area contributed by atoms with Gasteiger partial charge in [-0.15, -0.1) is 0 Å². The van der Waals surface area contributed by atoms with Crippen LogP contribution in [0.1, 0.15) is 16.7 Å². The highest BCUT2D eigenvalue weighted by atomic mass is 19.1. The summed E-state index contributed by atoms with van der Waals surface area (Å²) in [4.78, 5) is 0. The molecule has 0 fully saturated rings. The normalized spacial score (nSPS) is 16.4. The molecular weight excluding hydrogens is 246 g/mol. The van der Waals surface area contributed by atoms with Crippen molar-refractivity contribution in [2.45, 2.75) is 24.9 Å². The van der Waals surface area contributed by atoms with Crippen LogP contribution < -0.4 is 0 Å². The molecule has 0 aromatic heterocycles. The van der Waals surface area contributed by atoms with Crippen LogP contribution in [0, 0.1) is 11.6 Å². The first-order valence-electron chi connectivity index (χ1n) is 6.28. The summed E-state index contributed by atoms with van der Waals surface area (Å²) < 4.78 is 26.3. The fraction of sp³-hybridized carbons (Fsp3) is 0.250. The van der Waals surface area contributed by atoms with Gasteiger partial charge in [-0.1, -0.05) is 24.3 Å². The minimum atomic E-state index is -0.941. The summed E-state index contributed by atoms with van der Waals surface area (Å²) in [5.41, 5.74) is 1.78. The molecule has 3 rings (SSSR count). The van der Waals surface area contributed by atoms with Gasteiger partial charge < -0.3 is 5.11 Å². The summed E-state index contributed by atoms with van der Waals surface area (Å²) in [5.74, 6) is -1.21. The molecule has 0 radical (unpaired) electrons. The average Bonchev–Trinajstić information content (AvgIpc) is 2.62. The van der Waals surface area contributed by atoms with E-state index in [1.54, 1.807) is 0 Å². The van der Waals surface area contributed by atoms with Crippen molar-refractivity contribution in [3.63, 3.8) is 0 Å². The highest BCUT2D eigenvalue weighted by molar-refractivity contribution is 5.36. The average molecular weight is 260 g/mol. The minimum Gasteiger partial charge on any atom is -0.389 e. The lowest BCUT2D eigenvalue weighted by Gasteiger charge is -2.22. The Labute approximate surface area is 110 Å². The predicted octanol–water partition coefficient (Wildman–Crippen LogP) is 3.04. The third-order valence-electron chi connectivity index (χ3n) is 3.61. The summed E-state index contributed by atoms with van der Waals surface area (Å²) in [7, 11) is 0. The number of benzene rings is 2. The largest absolute Gasteiger partial charge is 0.389 e. The molecule has 1 aliphatic carbocycles. The smallest absolute Gasteiger partial charge is 0.126 e. The molecule has 0 atom stereocenters. The molecule has 0 heterocycles. The zero-order chi connectivity index (χ0) is 13.5. The van der Waals surface area contributed by atoms with Crippen LogP contribution in [0.15, 0.2) is 42.5 Å². The Hall–Kier alpha value is -1.74. The highest BCUT2D eigenvalue weighted by Gasteiger charge is 2.35. The van der Waals surface area contributed by atoms with Crippen LogP contribution in [0.3, 0.4) is 0 Å². The van der Waals surface area contributed by atoms with E-state index >= 15 is 0 Å². The summed E-state index contributed by atoms with van der Waals surface area (Å²) in [6, 6.07) is 11.3. The monoisotopic (exact) mass is 260 g/mol. The molecule has 1 nitrogen and oxygen atoms in total. The maximum absolute atomic E-state index is 13.2. The van der Waals surface area contributed by atoms with Crippen molar-refractivity contribution in [2.24, 2.45) is 0 Å². The van der Waals surface area contributed by atoms with Crippen molar-refractivity contribution in [3.8, 4) is 0 Å². The number of hydrogen-bond donors (Lipinski definition) is 1. The van der Waals surface area contributed by atoms with Gasteiger partial charge in [0.15, 0.2) is 0 Å². The van der Waals surface area contributed by atoms with Crippen molar-refractivity contribution in [2.75, 3.05) is 0 Å². The Balaban J connectivity index is 1.85. The zero-order valence-electron chi connectivity index (χ0n) is 10.4. The van der Waals surface area contributed by atoms with E-state index in [2.05, 4.69) is 0 Å². The van der Waals surface area contributed by atoms with Crippen LogP contribution in [-0.2, 0) is 19.3 Å². The fourth-order valence-corrected chi connectivity index (χ4v) is 2.89. The molecule has 0 amide bonds. The van der Waals surface area contributed by atoms with Crippen molar-refractivity contribution >= 4 is 0 Å². The maximum atomic E-state index is 13.2. The molecule has 0 saturated carbocycles. The SMILES string of the molecule is OC1(Cc2cc(F)cc(F)c2)Cc2ccccc2C1. The summed E-state index contributed by atoms with van der Waals surface area (Å²) in [6.45, 7) is 0. The van der Waals surface area contributed by atoms with E-state index in [1.807, 2.05) is 24.3 Å². The lowest BCUT2D eigenvalue weighted by molar-refractivity contribution is 0.0517. The second-order valence-electron chi connectivity index (χ2n) is 5.30. The molecular formula is C16H14F2O. The second-order valence-corrected chi connectivity index (χ2v) is 5.30. The number of halogens is 2. The first-order valence-corrected chi connectivity index (χ1v) is 6.28. The Kier molecular flexibility index (Phi) is 2.86. The molecule has 1 aliphatic rings. The van der Waals surface area contributed by atoms with Crippen LogP contribution in [0.4, 0.5) is 8.78 Å². The number of rotatable bonds is 2. The van der Waals surface area contributed by atoms with Crippen LogP contribution in [0.2, 0.25) is 0 Å². The van der Waals surface area contributed by atoms with E-state index in [0.717, 1.165) is 17.2 Å². The molecule has 0 unspecified atom stereocenters. The van der Waals surface area contributed by atoms with Gasteiger partial charge in [-0.25, -0.2) is 8.78 Å². The van der Waals surface area contributed by atoms with Crippen LogP contribution in [0.25, 0.3) is 0 Å². The van der Waals surface area contributed by atoms with Gasteiger partial charge in [0.25, 0.3) is 0 Å². The topological polar surface area (TPSA) is 20.2 Å². The van der Waals surface area contributed by atoms with Crippen LogP contribution in [-0.4, -0.2) is 10.7 Å². The Morgan fingerprint density at radius 3 is 2.00 bits per heavy atom. The van der Waals surface area contributed by atoms with Gasteiger partial charge in [0.2, 0.25) is 0 Å². The Bertz CT molecular complexity index is 577. The van der Waals surface area contributed by atoms with E-state index in [-0.39, 0.29) is 6.42 Å². The van der Waals surface area contributed by atoms with Gasteiger partial charge in [0.05, 0.1) is 5.60 Å². The summed E-state index contributed by atoms with van der Waals surface area (Å²) >= 11 is 0. The van der Waals surface area contributed by atoms with E-state index < -0.39 is 17.2 Å². The van der Waals surface area contributed by atoms with Crippen LogP contribution in [0.5, 0.6) is 0 Å². The van der Waals surface area contributed by atoms with Gasteiger partial charge in [-0.2, -0.15) is 0 Å². The van der Waals surface area contributed by atoms with Gasteiger partial charge in [-0.05, 0) is 28.8 Å². The highest BCUT2D eigenvalue weighted by Crippen LogP contribution is 2.32. The van der Waals surface area contributed by atoms with Gasteiger partial charge >= 0.3 is 0 Å². The third kappa shape index (κ3) is 2.51. The lowest BCUT2D eigenvalue weighted by Crippen LogP contribution is -2.32. The number of fused-ring (bicyclic) bond motifs is 1. The fourth-order valence-electron chi connectivity index (χ4n) is 2.89. The van der Waals surface area contributed by atoms with Crippen molar-refractivity contribution in [1.82, 2.24) is 0 Å². The lowest BCUT2D eigenvalue weighted by atomic mass is 9.91. The molecule has 0 saturated heterocycles. The zero-order valence-corrected chi connectivity index (χ0v) is 10.4. The molecule has 3 heteroatoms. The minimum absolute atomic E-state index is 0.260.